The SMILES string of the molecule is CCCCCCCCCCCCCCCCCC(=O)NC(CSSC[C@H](NC(=O)CCCCCCCCCCCCCCCCC)C(=O)OC)C(=O)OC. The third-order valence-corrected chi connectivity index (χ3v) is 12.6. The van der Waals surface area contributed by atoms with Crippen molar-refractivity contribution in [2.45, 2.75) is 231 Å². The molecule has 2 atom stereocenters. The summed E-state index contributed by atoms with van der Waals surface area (Å²) < 4.78 is 9.86. The van der Waals surface area contributed by atoms with Gasteiger partial charge in [0.05, 0.1) is 14.2 Å². The second kappa shape index (κ2) is 41.2. The Morgan fingerprint density at radius 3 is 0.833 bits per heavy atom. The molecule has 0 radical (unpaired) electrons. The van der Waals surface area contributed by atoms with Crippen molar-refractivity contribution >= 4 is 45.3 Å². The number of carbonyl (C=O) groups excluding carboxylic acids is 4. The maximum atomic E-state index is 12.6. The third kappa shape index (κ3) is 35.0. The number of unbranched alkanes of at least 4 members (excludes halogenated alkanes) is 28. The summed E-state index contributed by atoms with van der Waals surface area (Å²) in [7, 11) is 5.35. The van der Waals surface area contributed by atoms with E-state index in [1.165, 1.54) is 190 Å². The summed E-state index contributed by atoms with van der Waals surface area (Å²) in [6.45, 7) is 4.53. The van der Waals surface area contributed by atoms with Crippen LogP contribution in [-0.2, 0) is 28.7 Å². The molecule has 2 amide bonds. The molecule has 0 aromatic heterocycles. The molecule has 10 heteroatoms. The number of hydrogen-bond acceptors (Lipinski definition) is 8. The number of methoxy groups -OCH3 is 2. The van der Waals surface area contributed by atoms with Crippen molar-refractivity contribution < 1.29 is 28.7 Å². The Bertz CT molecular complexity index is 823. The van der Waals surface area contributed by atoms with Gasteiger partial charge >= 0.3 is 11.9 Å². The van der Waals surface area contributed by atoms with Crippen LogP contribution in [-0.4, -0.2) is 61.6 Å². The molecule has 0 heterocycles. The van der Waals surface area contributed by atoms with Gasteiger partial charge < -0.3 is 20.1 Å². The van der Waals surface area contributed by atoms with E-state index >= 15 is 0 Å². The van der Waals surface area contributed by atoms with E-state index in [2.05, 4.69) is 24.5 Å². The molecule has 54 heavy (non-hydrogen) atoms. The number of hydrogen-bond donors (Lipinski definition) is 2. The Morgan fingerprint density at radius 1 is 0.389 bits per heavy atom. The van der Waals surface area contributed by atoms with E-state index in [1.807, 2.05) is 0 Å². The van der Waals surface area contributed by atoms with Crippen LogP contribution in [0.4, 0.5) is 0 Å². The normalized spacial score (nSPS) is 12.3. The van der Waals surface area contributed by atoms with Crippen LogP contribution in [0.3, 0.4) is 0 Å². The second-order valence-corrected chi connectivity index (χ2v) is 17.8. The Hall–Kier alpha value is -1.42. The van der Waals surface area contributed by atoms with E-state index in [0.29, 0.717) is 24.3 Å². The van der Waals surface area contributed by atoms with Gasteiger partial charge in [0.25, 0.3) is 0 Å². The maximum absolute atomic E-state index is 12.6. The molecule has 0 saturated heterocycles. The lowest BCUT2D eigenvalue weighted by molar-refractivity contribution is -0.144. The molecule has 0 aromatic carbocycles. The van der Waals surface area contributed by atoms with Gasteiger partial charge in [-0.3, -0.25) is 9.59 Å². The summed E-state index contributed by atoms with van der Waals surface area (Å²) in [5.74, 6) is -0.692. The zero-order valence-electron chi connectivity index (χ0n) is 35.5. The molecule has 1 unspecified atom stereocenters. The third-order valence-electron chi connectivity index (χ3n) is 10.2. The van der Waals surface area contributed by atoms with Gasteiger partial charge in [0, 0.05) is 24.3 Å². The van der Waals surface area contributed by atoms with Gasteiger partial charge in [0.15, 0.2) is 0 Å². The average molecular weight is 801 g/mol. The van der Waals surface area contributed by atoms with Gasteiger partial charge in [-0.2, -0.15) is 0 Å². The molecular weight excluding hydrogens is 717 g/mol. The molecule has 0 aliphatic carbocycles. The number of rotatable bonds is 41. The van der Waals surface area contributed by atoms with E-state index in [9.17, 15) is 19.2 Å². The number of amides is 2. The lowest BCUT2D eigenvalue weighted by atomic mass is 10.0. The highest BCUT2D eigenvalue weighted by Crippen LogP contribution is 2.24. The van der Waals surface area contributed by atoms with Crippen LogP contribution in [0.1, 0.15) is 219 Å². The van der Waals surface area contributed by atoms with Crippen molar-refractivity contribution in [2.75, 3.05) is 25.7 Å². The van der Waals surface area contributed by atoms with Crippen LogP contribution in [0.5, 0.6) is 0 Å². The number of esters is 2. The quantitative estimate of drug-likeness (QED) is 0.0357. The molecule has 0 aliphatic heterocycles. The van der Waals surface area contributed by atoms with Gasteiger partial charge in [-0.05, 0) is 12.8 Å². The predicted molar refractivity (Wildman–Crippen MR) is 232 cm³/mol. The number of ether oxygens (including phenoxy) is 2. The molecule has 0 spiro atoms. The fraction of sp³-hybridized carbons (Fsp3) is 0.909. The van der Waals surface area contributed by atoms with E-state index in [-0.39, 0.29) is 11.8 Å². The minimum atomic E-state index is -0.771. The van der Waals surface area contributed by atoms with Gasteiger partial charge in [-0.25, -0.2) is 9.59 Å². The Kier molecular flexibility index (Phi) is 40.1. The van der Waals surface area contributed by atoms with Gasteiger partial charge in [-0.1, -0.05) is 215 Å². The predicted octanol–water partition coefficient (Wildman–Crippen LogP) is 12.2. The summed E-state index contributed by atoms with van der Waals surface area (Å²) >= 11 is 0. The van der Waals surface area contributed by atoms with E-state index < -0.39 is 24.0 Å². The Labute approximate surface area is 340 Å². The van der Waals surface area contributed by atoms with Crippen LogP contribution in [0.2, 0.25) is 0 Å². The van der Waals surface area contributed by atoms with E-state index in [4.69, 9.17) is 9.47 Å². The molecule has 0 bridgehead atoms. The van der Waals surface area contributed by atoms with Crippen molar-refractivity contribution in [3.05, 3.63) is 0 Å². The highest BCUT2D eigenvalue weighted by Gasteiger charge is 2.24. The molecule has 0 aliphatic rings. The summed E-state index contributed by atoms with van der Waals surface area (Å²) in [4.78, 5) is 50.0. The van der Waals surface area contributed by atoms with Gasteiger partial charge in [-0.15, -0.1) is 0 Å². The summed E-state index contributed by atoms with van der Waals surface area (Å²) in [6, 6.07) is -1.54. The minimum absolute atomic E-state index is 0.149. The summed E-state index contributed by atoms with van der Waals surface area (Å²) in [5, 5.41) is 5.65. The van der Waals surface area contributed by atoms with Gasteiger partial charge in [0.1, 0.15) is 12.1 Å². The first kappa shape index (κ1) is 52.6. The van der Waals surface area contributed by atoms with Crippen molar-refractivity contribution in [1.82, 2.24) is 10.6 Å². The molecule has 0 fully saturated rings. The van der Waals surface area contributed by atoms with Crippen molar-refractivity contribution in [3.63, 3.8) is 0 Å². The zero-order valence-corrected chi connectivity index (χ0v) is 37.1. The first-order valence-electron chi connectivity index (χ1n) is 22.4. The lowest BCUT2D eigenvalue weighted by Gasteiger charge is -2.18. The first-order valence-corrected chi connectivity index (χ1v) is 24.9. The number of carbonyl (C=O) groups is 4. The zero-order chi connectivity index (χ0) is 39.7. The minimum Gasteiger partial charge on any atom is -0.467 e. The first-order chi connectivity index (χ1) is 26.4. The van der Waals surface area contributed by atoms with E-state index in [0.717, 1.165) is 38.5 Å². The molecule has 0 aromatic rings. The molecule has 0 rings (SSSR count). The molecule has 8 nitrogen and oxygen atoms in total. The fourth-order valence-electron chi connectivity index (χ4n) is 6.70. The summed E-state index contributed by atoms with van der Waals surface area (Å²) in [6.07, 6.45) is 38.9. The molecule has 2 N–H and O–H groups in total. The van der Waals surface area contributed by atoms with Crippen LogP contribution in [0.25, 0.3) is 0 Å². The van der Waals surface area contributed by atoms with Crippen LogP contribution < -0.4 is 10.6 Å². The van der Waals surface area contributed by atoms with Crippen molar-refractivity contribution in [3.8, 4) is 0 Å². The maximum Gasteiger partial charge on any atom is 0.329 e. The van der Waals surface area contributed by atoms with E-state index in [1.54, 1.807) is 0 Å². The standard InChI is InChI=1S/C44H84N2O6S2/c1-5-7-9-11-13-15-17-19-21-23-25-27-29-31-33-35-41(47)45-39(43(49)51-3)37-53-54-38-40(44(50)52-4)46-42(48)36-34-32-30-28-26-24-22-20-18-16-14-12-10-8-6-2/h39-40H,5-38H2,1-4H3,(H,45,47)(H,46,48)/t39-,40?/m0/s1. The smallest absolute Gasteiger partial charge is 0.329 e. The lowest BCUT2D eigenvalue weighted by Crippen LogP contribution is -2.44. The largest absolute Gasteiger partial charge is 0.467 e. The average Bonchev–Trinajstić information content (AvgIpc) is 3.17. The number of nitrogens with one attached hydrogen (secondary N) is 2. The summed E-state index contributed by atoms with van der Waals surface area (Å²) in [5.41, 5.74) is 0. The Morgan fingerprint density at radius 2 is 0.611 bits per heavy atom. The highest BCUT2D eigenvalue weighted by atomic mass is 33.1. The second-order valence-electron chi connectivity index (χ2n) is 15.3. The van der Waals surface area contributed by atoms with Crippen molar-refractivity contribution in [1.29, 1.82) is 0 Å². The van der Waals surface area contributed by atoms with Crippen molar-refractivity contribution in [2.24, 2.45) is 0 Å². The molecule has 0 saturated carbocycles. The van der Waals surface area contributed by atoms with Crippen LogP contribution >= 0.6 is 21.6 Å². The van der Waals surface area contributed by atoms with Gasteiger partial charge in [0.2, 0.25) is 11.8 Å². The monoisotopic (exact) mass is 801 g/mol. The molecule has 318 valence electrons. The fourth-order valence-corrected chi connectivity index (χ4v) is 9.00. The molecular formula is C44H84N2O6S2. The van der Waals surface area contributed by atoms with Crippen LogP contribution in [0.15, 0.2) is 0 Å². The van der Waals surface area contributed by atoms with Crippen LogP contribution in [0, 0.1) is 0 Å². The topological polar surface area (TPSA) is 111 Å². The Balaban J connectivity index is 4.07. The highest BCUT2D eigenvalue weighted by molar-refractivity contribution is 8.76.